The van der Waals surface area contributed by atoms with Gasteiger partial charge >= 0.3 is 0 Å². The fraction of sp³-hybridized carbons (Fsp3) is 0.105. The van der Waals surface area contributed by atoms with Gasteiger partial charge in [-0.2, -0.15) is 0 Å². The van der Waals surface area contributed by atoms with Crippen LogP contribution in [-0.2, 0) is 10.8 Å². The number of benzene rings is 11. The van der Waals surface area contributed by atoms with E-state index in [0.29, 0.717) is 0 Å². The number of thiophene rings is 1. The first kappa shape index (κ1) is 50.1. The molecule has 390 valence electrons. The Kier molecular flexibility index (Phi) is 12.3. The van der Waals surface area contributed by atoms with Crippen molar-refractivity contribution in [1.29, 1.82) is 0 Å². The van der Waals surface area contributed by atoms with Crippen LogP contribution >= 0.6 is 11.3 Å². The second-order valence-electron chi connectivity index (χ2n) is 23.7. The lowest BCUT2D eigenvalue weighted by Crippen LogP contribution is -2.60. The van der Waals surface area contributed by atoms with Gasteiger partial charge in [0.25, 0.3) is 6.71 Å². The van der Waals surface area contributed by atoms with Crippen LogP contribution in [0.5, 0.6) is 0 Å². The van der Waals surface area contributed by atoms with Gasteiger partial charge in [-0.05, 0) is 151 Å². The predicted molar refractivity (Wildman–Crippen MR) is 350 cm³/mol. The lowest BCUT2D eigenvalue weighted by Gasteiger charge is -2.44. The maximum Gasteiger partial charge on any atom is 0.264 e. The zero-order chi connectivity index (χ0) is 55.0. The Morgan fingerprint density at radius 3 is 1.31 bits per heavy atom. The molecule has 0 saturated carbocycles. The summed E-state index contributed by atoms with van der Waals surface area (Å²) in [6.45, 7) is 13.8. The van der Waals surface area contributed by atoms with Crippen molar-refractivity contribution in [3.05, 3.63) is 278 Å². The molecule has 5 heteroatoms. The summed E-state index contributed by atoms with van der Waals surface area (Å²) in [4.78, 5) is 7.71. The molecule has 3 heterocycles. The van der Waals surface area contributed by atoms with Crippen molar-refractivity contribution >= 4 is 95.0 Å². The Morgan fingerprint density at radius 2 is 0.802 bits per heavy atom. The van der Waals surface area contributed by atoms with Crippen LogP contribution in [0.2, 0.25) is 0 Å². The first-order valence-corrected chi connectivity index (χ1v) is 29.2. The number of hydrogen-bond acceptors (Lipinski definition) is 4. The molecule has 12 aromatic rings. The molecule has 11 aromatic carbocycles. The van der Waals surface area contributed by atoms with Crippen molar-refractivity contribution in [2.45, 2.75) is 52.4 Å². The highest BCUT2D eigenvalue weighted by Gasteiger charge is 2.47. The summed E-state index contributed by atoms with van der Waals surface area (Å²) in [6.07, 6.45) is 0. The molecule has 0 unspecified atom stereocenters. The van der Waals surface area contributed by atoms with Crippen LogP contribution in [0.1, 0.15) is 52.7 Å². The molecule has 0 saturated heterocycles. The summed E-state index contributed by atoms with van der Waals surface area (Å²) in [5.41, 5.74) is 24.7. The van der Waals surface area contributed by atoms with Crippen molar-refractivity contribution < 1.29 is 0 Å². The summed E-state index contributed by atoms with van der Waals surface area (Å²) in [7, 11) is 0. The topological polar surface area (TPSA) is 9.72 Å². The second kappa shape index (κ2) is 19.9. The molecule has 2 aliphatic heterocycles. The number of para-hydroxylation sites is 2. The highest BCUT2D eigenvalue weighted by atomic mass is 32.1. The van der Waals surface area contributed by atoms with Crippen molar-refractivity contribution in [3.63, 3.8) is 0 Å². The van der Waals surface area contributed by atoms with Crippen LogP contribution in [0.3, 0.4) is 0 Å². The Labute approximate surface area is 481 Å². The number of hydrogen-bond donors (Lipinski definition) is 0. The van der Waals surface area contributed by atoms with Gasteiger partial charge in [0.2, 0.25) is 0 Å². The van der Waals surface area contributed by atoms with Crippen LogP contribution < -0.4 is 30.4 Å². The van der Waals surface area contributed by atoms with E-state index in [1.165, 1.54) is 87.4 Å². The summed E-state index contributed by atoms with van der Waals surface area (Å²) < 4.78 is 2.59. The van der Waals surface area contributed by atoms with E-state index in [2.05, 4.69) is 323 Å². The minimum absolute atomic E-state index is 0.0784. The fourth-order valence-electron chi connectivity index (χ4n) is 12.4. The Morgan fingerprint density at radius 1 is 0.346 bits per heavy atom. The Bertz CT molecular complexity index is 4260. The average Bonchev–Trinajstić information content (AvgIpc) is 4.16. The molecule has 0 amide bonds. The third kappa shape index (κ3) is 8.84. The Hall–Kier alpha value is -9.16. The summed E-state index contributed by atoms with van der Waals surface area (Å²) in [5.74, 6) is 0. The molecule has 1 aromatic heterocycles. The number of nitrogens with zero attached hydrogens (tertiary/aromatic N) is 3. The molecule has 0 radical (unpaired) electrons. The highest BCUT2D eigenvalue weighted by molar-refractivity contribution is 7.33. The van der Waals surface area contributed by atoms with Gasteiger partial charge in [-0.3, -0.25) is 0 Å². The van der Waals surface area contributed by atoms with Crippen molar-refractivity contribution in [2.24, 2.45) is 0 Å². The summed E-state index contributed by atoms with van der Waals surface area (Å²) in [5, 5.41) is 1.25. The van der Waals surface area contributed by atoms with Gasteiger partial charge in [0, 0.05) is 60.1 Å². The number of fused-ring (bicyclic) bond motifs is 6. The molecule has 0 spiro atoms. The zero-order valence-corrected chi connectivity index (χ0v) is 47.5. The van der Waals surface area contributed by atoms with Crippen LogP contribution in [0.15, 0.2) is 267 Å². The van der Waals surface area contributed by atoms with Gasteiger partial charge in [0.15, 0.2) is 0 Å². The van der Waals surface area contributed by atoms with E-state index >= 15 is 0 Å². The van der Waals surface area contributed by atoms with Gasteiger partial charge in [0.1, 0.15) is 0 Å². The quantitative estimate of drug-likeness (QED) is 0.133. The maximum absolute atomic E-state index is 2.67. The standard InChI is InChI=1S/C76H62BN3S/c1-75(2,3)57-38-42-66(62(48-57)53-29-17-9-18-30-53)79-68-50-61(78(59-33-21-11-22-34-59)60-35-23-12-24-36-60)40-41-65(68)77-72-69(79)46-56(52-27-15-8-16-28-52)47-70(72)80(67-43-39-58(76(4,5)6)49-63(67)54-31-19-10-20-32-54)73-64-45-55(51-25-13-7-14-26-51)37-44-71(64)81-74(73)77/h7-50H,1-6H3. The minimum atomic E-state index is -0.117. The summed E-state index contributed by atoms with van der Waals surface area (Å²) in [6, 6.07) is 99.6. The molecule has 2 aliphatic rings. The number of rotatable bonds is 9. The maximum atomic E-state index is 2.67. The van der Waals surface area contributed by atoms with Crippen molar-refractivity contribution in [2.75, 3.05) is 14.7 Å². The fourth-order valence-corrected chi connectivity index (χ4v) is 13.7. The molecule has 0 bridgehead atoms. The first-order valence-electron chi connectivity index (χ1n) is 28.4. The average molecular weight is 1060 g/mol. The first-order chi connectivity index (χ1) is 39.5. The zero-order valence-electron chi connectivity index (χ0n) is 46.7. The lowest BCUT2D eigenvalue weighted by atomic mass is 9.36. The third-order valence-corrected chi connectivity index (χ3v) is 17.7. The van der Waals surface area contributed by atoms with Crippen LogP contribution in [0.25, 0.3) is 54.6 Å². The summed E-state index contributed by atoms with van der Waals surface area (Å²) >= 11 is 1.95. The highest BCUT2D eigenvalue weighted by Crippen LogP contribution is 2.54. The van der Waals surface area contributed by atoms with Gasteiger partial charge < -0.3 is 14.7 Å². The molecule has 14 rings (SSSR count). The van der Waals surface area contributed by atoms with Crippen LogP contribution in [-0.4, -0.2) is 6.71 Å². The largest absolute Gasteiger partial charge is 0.311 e. The molecule has 3 nitrogen and oxygen atoms in total. The monoisotopic (exact) mass is 1060 g/mol. The Balaban J connectivity index is 1.14. The SMILES string of the molecule is CC(C)(C)c1ccc(N2c3cc(N(c4ccccc4)c4ccccc4)ccc3B3c4sc5ccc(-c6ccccc6)cc5c4N(c4ccc(C(C)(C)C)cc4-c4ccccc4)c4cc(-c5ccccc5)cc2c43)c(-c2ccccc2)c1. The smallest absolute Gasteiger partial charge is 0.264 e. The third-order valence-electron chi connectivity index (χ3n) is 16.5. The second-order valence-corrected chi connectivity index (χ2v) is 24.8. The van der Waals surface area contributed by atoms with Crippen molar-refractivity contribution in [3.8, 4) is 44.5 Å². The van der Waals surface area contributed by atoms with E-state index in [1.807, 2.05) is 11.3 Å². The normalized spacial score (nSPS) is 12.7. The predicted octanol–water partition coefficient (Wildman–Crippen LogP) is 19.7. The number of anilines is 9. The van der Waals surface area contributed by atoms with E-state index < -0.39 is 0 Å². The van der Waals surface area contributed by atoms with E-state index in [-0.39, 0.29) is 17.5 Å². The molecule has 0 fully saturated rings. The van der Waals surface area contributed by atoms with Gasteiger partial charge in [-0.1, -0.05) is 224 Å². The van der Waals surface area contributed by atoms with Gasteiger partial charge in [-0.15, -0.1) is 11.3 Å². The molecular formula is C76H62BN3S. The van der Waals surface area contributed by atoms with E-state index in [4.69, 9.17) is 0 Å². The molecule has 81 heavy (non-hydrogen) atoms. The molecular weight excluding hydrogens is 998 g/mol. The van der Waals surface area contributed by atoms with E-state index in [0.717, 1.165) is 45.3 Å². The lowest BCUT2D eigenvalue weighted by molar-refractivity contribution is 0.590. The van der Waals surface area contributed by atoms with Crippen LogP contribution in [0.4, 0.5) is 51.2 Å². The van der Waals surface area contributed by atoms with E-state index in [9.17, 15) is 0 Å². The molecule has 0 atom stereocenters. The van der Waals surface area contributed by atoms with Crippen LogP contribution in [0, 0.1) is 0 Å². The van der Waals surface area contributed by atoms with Gasteiger partial charge in [0.05, 0.1) is 17.1 Å². The minimum Gasteiger partial charge on any atom is -0.311 e. The van der Waals surface area contributed by atoms with E-state index in [1.54, 1.807) is 0 Å². The molecule has 0 aliphatic carbocycles. The molecule has 0 N–H and O–H groups in total. The van der Waals surface area contributed by atoms with Crippen molar-refractivity contribution in [1.82, 2.24) is 0 Å². The van der Waals surface area contributed by atoms with Gasteiger partial charge in [-0.25, -0.2) is 0 Å².